The molecule has 0 saturated heterocycles. The van der Waals surface area contributed by atoms with Crippen molar-refractivity contribution in [2.75, 3.05) is 40.3 Å². The Morgan fingerprint density at radius 2 is 1.74 bits per heavy atom. The molecule has 1 aliphatic rings. The van der Waals surface area contributed by atoms with Gasteiger partial charge in [0.15, 0.2) is 5.96 Å². The predicted molar refractivity (Wildman–Crippen MR) is 110 cm³/mol. The lowest BCUT2D eigenvalue weighted by molar-refractivity contribution is 0.0468. The molecular formula is C17H37IN4O. The Hall–Kier alpha value is -0.0800. The first kappa shape index (κ1) is 22.9. The summed E-state index contributed by atoms with van der Waals surface area (Å²) in [5.41, 5.74) is 0. The summed E-state index contributed by atoms with van der Waals surface area (Å²) in [5, 5.41) is 6.67. The number of ether oxygens (including phenoxy) is 1. The Morgan fingerprint density at radius 1 is 1.13 bits per heavy atom. The van der Waals surface area contributed by atoms with Crippen LogP contribution in [0.1, 0.15) is 52.4 Å². The average molecular weight is 440 g/mol. The maximum Gasteiger partial charge on any atom is 0.191 e. The molecule has 1 rings (SSSR count). The van der Waals surface area contributed by atoms with Crippen molar-refractivity contribution in [2.45, 2.75) is 64.5 Å². The topological polar surface area (TPSA) is 48.9 Å². The standard InChI is InChI=1S/C17H36N4O.HI/c1-15(2)21(4)13-11-19-17(18-3)20-12-14-22-16-9-7-5-6-8-10-16;/h15-16H,5-14H2,1-4H3,(H2,18,19,20);1H. The van der Waals surface area contributed by atoms with E-state index in [1.165, 1.54) is 38.5 Å². The first-order valence-corrected chi connectivity index (χ1v) is 8.90. The highest BCUT2D eigenvalue weighted by Crippen LogP contribution is 2.19. The first-order chi connectivity index (χ1) is 10.6. The molecule has 0 unspecified atom stereocenters. The highest BCUT2D eigenvalue weighted by Gasteiger charge is 2.12. The van der Waals surface area contributed by atoms with E-state index in [1.54, 1.807) is 0 Å². The van der Waals surface area contributed by atoms with E-state index in [4.69, 9.17) is 4.74 Å². The molecule has 0 atom stereocenters. The van der Waals surface area contributed by atoms with Crippen molar-refractivity contribution in [2.24, 2.45) is 4.99 Å². The maximum absolute atomic E-state index is 5.98. The fraction of sp³-hybridized carbons (Fsp3) is 0.941. The molecular weight excluding hydrogens is 403 g/mol. The van der Waals surface area contributed by atoms with Gasteiger partial charge in [-0.2, -0.15) is 0 Å². The number of halogens is 1. The van der Waals surface area contributed by atoms with E-state index in [-0.39, 0.29) is 24.0 Å². The van der Waals surface area contributed by atoms with Gasteiger partial charge < -0.3 is 20.3 Å². The van der Waals surface area contributed by atoms with Gasteiger partial charge in [0.2, 0.25) is 0 Å². The summed E-state index contributed by atoms with van der Waals surface area (Å²) in [6, 6.07) is 0.574. The highest BCUT2D eigenvalue weighted by atomic mass is 127. The molecule has 6 heteroatoms. The highest BCUT2D eigenvalue weighted by molar-refractivity contribution is 14.0. The minimum atomic E-state index is 0. The van der Waals surface area contributed by atoms with Crippen LogP contribution in [0.5, 0.6) is 0 Å². The van der Waals surface area contributed by atoms with Crippen LogP contribution in [0.3, 0.4) is 0 Å². The summed E-state index contributed by atoms with van der Waals surface area (Å²) in [6.45, 7) is 7.90. The summed E-state index contributed by atoms with van der Waals surface area (Å²) in [6.07, 6.45) is 8.33. The number of nitrogens with zero attached hydrogens (tertiary/aromatic N) is 2. The van der Waals surface area contributed by atoms with Crippen molar-refractivity contribution < 1.29 is 4.74 Å². The summed E-state index contributed by atoms with van der Waals surface area (Å²) in [4.78, 5) is 6.56. The number of hydrogen-bond donors (Lipinski definition) is 2. The van der Waals surface area contributed by atoms with E-state index in [0.717, 1.165) is 32.2 Å². The molecule has 0 amide bonds. The Balaban J connectivity index is 0.00000484. The summed E-state index contributed by atoms with van der Waals surface area (Å²) >= 11 is 0. The van der Waals surface area contributed by atoms with Crippen LogP contribution < -0.4 is 10.6 Å². The van der Waals surface area contributed by atoms with Crippen LogP contribution in [0.25, 0.3) is 0 Å². The quantitative estimate of drug-likeness (QED) is 0.200. The third-order valence-electron chi connectivity index (χ3n) is 4.41. The van der Waals surface area contributed by atoms with Crippen molar-refractivity contribution in [1.82, 2.24) is 15.5 Å². The van der Waals surface area contributed by atoms with E-state index in [0.29, 0.717) is 12.1 Å². The normalized spacial score (nSPS) is 17.0. The molecule has 23 heavy (non-hydrogen) atoms. The summed E-state index contributed by atoms with van der Waals surface area (Å²) in [7, 11) is 3.96. The SMILES string of the molecule is CN=C(NCCOC1CCCCCC1)NCCN(C)C(C)C.I. The van der Waals surface area contributed by atoms with Crippen LogP contribution in [-0.4, -0.2) is 63.3 Å². The van der Waals surface area contributed by atoms with E-state index < -0.39 is 0 Å². The molecule has 0 aromatic heterocycles. The minimum absolute atomic E-state index is 0. The lowest BCUT2D eigenvalue weighted by atomic mass is 10.1. The van der Waals surface area contributed by atoms with Gasteiger partial charge in [-0.15, -0.1) is 24.0 Å². The number of hydrogen-bond acceptors (Lipinski definition) is 3. The van der Waals surface area contributed by atoms with Crippen molar-refractivity contribution in [1.29, 1.82) is 0 Å². The van der Waals surface area contributed by atoms with Gasteiger partial charge in [-0.1, -0.05) is 25.7 Å². The zero-order valence-corrected chi connectivity index (χ0v) is 17.8. The second-order valence-electron chi connectivity index (χ2n) is 6.48. The molecule has 0 radical (unpaired) electrons. The van der Waals surface area contributed by atoms with Gasteiger partial charge in [0.1, 0.15) is 0 Å². The van der Waals surface area contributed by atoms with Gasteiger partial charge in [0, 0.05) is 32.7 Å². The van der Waals surface area contributed by atoms with Crippen molar-refractivity contribution in [3.05, 3.63) is 0 Å². The molecule has 0 spiro atoms. The molecule has 1 fully saturated rings. The third-order valence-corrected chi connectivity index (χ3v) is 4.41. The molecule has 1 saturated carbocycles. The second-order valence-corrected chi connectivity index (χ2v) is 6.48. The zero-order valence-electron chi connectivity index (χ0n) is 15.4. The molecule has 1 aliphatic carbocycles. The number of rotatable bonds is 8. The number of likely N-dealkylation sites (N-methyl/N-ethyl adjacent to an activating group) is 1. The third kappa shape index (κ3) is 11.2. The van der Waals surface area contributed by atoms with Crippen LogP contribution >= 0.6 is 24.0 Å². The predicted octanol–water partition coefficient (Wildman–Crippen LogP) is 2.85. The summed E-state index contributed by atoms with van der Waals surface area (Å²) < 4.78 is 5.98. The van der Waals surface area contributed by atoms with Gasteiger partial charge in [-0.3, -0.25) is 4.99 Å². The Kier molecular flexibility index (Phi) is 14.2. The van der Waals surface area contributed by atoms with Crippen LogP contribution in [0.2, 0.25) is 0 Å². The Morgan fingerprint density at radius 3 is 2.30 bits per heavy atom. The number of aliphatic imine (C=N–C) groups is 1. The van der Waals surface area contributed by atoms with Crippen LogP contribution in [0, 0.1) is 0 Å². The monoisotopic (exact) mass is 440 g/mol. The van der Waals surface area contributed by atoms with Gasteiger partial charge in [0.05, 0.1) is 12.7 Å². The zero-order chi connectivity index (χ0) is 16.2. The van der Waals surface area contributed by atoms with Crippen LogP contribution in [-0.2, 0) is 4.74 Å². The van der Waals surface area contributed by atoms with Gasteiger partial charge in [-0.25, -0.2) is 0 Å². The molecule has 0 heterocycles. The smallest absolute Gasteiger partial charge is 0.191 e. The maximum atomic E-state index is 5.98. The van der Waals surface area contributed by atoms with E-state index in [9.17, 15) is 0 Å². The minimum Gasteiger partial charge on any atom is -0.376 e. The van der Waals surface area contributed by atoms with E-state index in [1.807, 2.05) is 7.05 Å². The Bertz CT molecular complexity index is 305. The van der Waals surface area contributed by atoms with Crippen molar-refractivity contribution in [3.8, 4) is 0 Å². The van der Waals surface area contributed by atoms with Crippen molar-refractivity contribution >= 4 is 29.9 Å². The molecule has 0 aliphatic heterocycles. The fourth-order valence-corrected chi connectivity index (χ4v) is 2.63. The van der Waals surface area contributed by atoms with Crippen LogP contribution in [0.15, 0.2) is 4.99 Å². The molecule has 0 aromatic rings. The lowest BCUT2D eigenvalue weighted by Crippen LogP contribution is -2.43. The van der Waals surface area contributed by atoms with Crippen LogP contribution in [0.4, 0.5) is 0 Å². The van der Waals surface area contributed by atoms with Gasteiger partial charge in [0.25, 0.3) is 0 Å². The molecule has 0 bridgehead atoms. The lowest BCUT2D eigenvalue weighted by Gasteiger charge is -2.22. The van der Waals surface area contributed by atoms with E-state index >= 15 is 0 Å². The molecule has 0 aromatic carbocycles. The van der Waals surface area contributed by atoms with Gasteiger partial charge in [-0.05, 0) is 33.7 Å². The fourth-order valence-electron chi connectivity index (χ4n) is 2.63. The Labute approximate surface area is 160 Å². The summed E-state index contributed by atoms with van der Waals surface area (Å²) in [5.74, 6) is 0.863. The molecule has 138 valence electrons. The van der Waals surface area contributed by atoms with E-state index in [2.05, 4.69) is 41.4 Å². The molecule has 2 N–H and O–H groups in total. The number of guanidine groups is 1. The first-order valence-electron chi connectivity index (χ1n) is 8.90. The second kappa shape index (κ2) is 14.3. The van der Waals surface area contributed by atoms with Gasteiger partial charge >= 0.3 is 0 Å². The largest absolute Gasteiger partial charge is 0.376 e. The average Bonchev–Trinajstić information content (AvgIpc) is 2.78. The number of nitrogens with one attached hydrogen (secondary N) is 2. The molecule has 5 nitrogen and oxygen atoms in total. The van der Waals surface area contributed by atoms with Crippen molar-refractivity contribution in [3.63, 3.8) is 0 Å².